The molecule has 0 saturated carbocycles. The lowest BCUT2D eigenvalue weighted by Gasteiger charge is -2.20. The predicted molar refractivity (Wildman–Crippen MR) is 103 cm³/mol. The number of carbonyl (C=O) groups excluding carboxylic acids is 3. The van der Waals surface area contributed by atoms with E-state index in [2.05, 4.69) is 0 Å². The summed E-state index contributed by atoms with van der Waals surface area (Å²) < 4.78 is 10.7. The van der Waals surface area contributed by atoms with Crippen LogP contribution in [0, 0.1) is 5.92 Å². The van der Waals surface area contributed by atoms with Crippen molar-refractivity contribution in [3.05, 3.63) is 83.4 Å². The van der Waals surface area contributed by atoms with Gasteiger partial charge in [-0.2, -0.15) is 0 Å². The first-order valence-corrected chi connectivity index (χ1v) is 9.28. The second-order valence-electron chi connectivity index (χ2n) is 6.66. The molecular formula is C23H22O5. The van der Waals surface area contributed by atoms with Crippen molar-refractivity contribution >= 4 is 17.7 Å². The molecule has 0 radical (unpaired) electrons. The van der Waals surface area contributed by atoms with Gasteiger partial charge in [0.1, 0.15) is 13.2 Å². The van der Waals surface area contributed by atoms with Crippen molar-refractivity contribution in [3.8, 4) is 0 Å². The van der Waals surface area contributed by atoms with Crippen LogP contribution < -0.4 is 0 Å². The van der Waals surface area contributed by atoms with Gasteiger partial charge in [-0.1, -0.05) is 60.7 Å². The molecule has 1 aliphatic rings. The Hall–Kier alpha value is -3.21. The van der Waals surface area contributed by atoms with Crippen LogP contribution in [-0.4, -0.2) is 17.7 Å². The summed E-state index contributed by atoms with van der Waals surface area (Å²) in [5.41, 5.74) is 2.11. The number of esters is 2. The number of rotatable bonds is 7. The Kier molecular flexibility index (Phi) is 6.73. The van der Waals surface area contributed by atoms with Gasteiger partial charge in [-0.05, 0) is 35.6 Å². The molecular weight excluding hydrogens is 356 g/mol. The van der Waals surface area contributed by atoms with Gasteiger partial charge in [0.05, 0.1) is 0 Å². The monoisotopic (exact) mass is 378 g/mol. The van der Waals surface area contributed by atoms with Crippen LogP contribution in [0.1, 0.15) is 30.4 Å². The zero-order valence-electron chi connectivity index (χ0n) is 15.5. The number of ketones is 1. The molecule has 0 heterocycles. The lowest BCUT2D eigenvalue weighted by atomic mass is 9.88. The molecule has 0 fully saturated rings. The Morgan fingerprint density at radius 3 is 1.75 bits per heavy atom. The molecule has 2 aromatic carbocycles. The van der Waals surface area contributed by atoms with Crippen molar-refractivity contribution < 1.29 is 23.9 Å². The average molecular weight is 378 g/mol. The Balaban J connectivity index is 1.71. The van der Waals surface area contributed by atoms with Crippen molar-refractivity contribution in [2.75, 3.05) is 0 Å². The SMILES string of the molecule is O=C1C=C(C(C(=O)OCc2ccccc2)C(=O)OCc2ccccc2)CCC1. The largest absolute Gasteiger partial charge is 0.460 e. The first-order valence-electron chi connectivity index (χ1n) is 9.28. The van der Waals surface area contributed by atoms with Crippen LogP contribution in [0.4, 0.5) is 0 Å². The quantitative estimate of drug-likeness (QED) is 0.542. The normalized spacial score (nSPS) is 13.8. The zero-order valence-corrected chi connectivity index (χ0v) is 15.5. The third kappa shape index (κ3) is 5.39. The van der Waals surface area contributed by atoms with Gasteiger partial charge in [0, 0.05) is 6.42 Å². The minimum absolute atomic E-state index is 0.0589. The van der Waals surface area contributed by atoms with E-state index in [0.717, 1.165) is 11.1 Å². The molecule has 5 heteroatoms. The van der Waals surface area contributed by atoms with Gasteiger partial charge in [-0.25, -0.2) is 0 Å². The smallest absolute Gasteiger partial charge is 0.324 e. The van der Waals surface area contributed by atoms with Crippen molar-refractivity contribution in [1.82, 2.24) is 0 Å². The number of hydrogen-bond acceptors (Lipinski definition) is 5. The predicted octanol–water partition coefficient (Wildman–Crippen LogP) is 3.77. The molecule has 0 saturated heterocycles. The van der Waals surface area contributed by atoms with E-state index in [0.29, 0.717) is 24.8 Å². The summed E-state index contributed by atoms with van der Waals surface area (Å²) in [6, 6.07) is 18.4. The zero-order chi connectivity index (χ0) is 19.8. The minimum Gasteiger partial charge on any atom is -0.460 e. The molecule has 3 rings (SSSR count). The van der Waals surface area contributed by atoms with Crippen LogP contribution in [0.3, 0.4) is 0 Å². The molecule has 2 aromatic rings. The number of hydrogen-bond donors (Lipinski definition) is 0. The Morgan fingerprint density at radius 1 is 0.786 bits per heavy atom. The summed E-state index contributed by atoms with van der Waals surface area (Å²) in [7, 11) is 0. The minimum atomic E-state index is -1.21. The van der Waals surface area contributed by atoms with Crippen LogP contribution in [0.5, 0.6) is 0 Å². The van der Waals surface area contributed by atoms with E-state index in [1.807, 2.05) is 60.7 Å². The van der Waals surface area contributed by atoms with Crippen molar-refractivity contribution in [3.63, 3.8) is 0 Å². The van der Waals surface area contributed by atoms with Crippen molar-refractivity contribution in [2.45, 2.75) is 32.5 Å². The maximum Gasteiger partial charge on any atom is 0.324 e. The summed E-state index contributed by atoms with van der Waals surface area (Å²) in [6.45, 7) is 0.118. The highest BCUT2D eigenvalue weighted by atomic mass is 16.6. The standard InChI is InChI=1S/C23H22O5/c24-20-13-7-12-19(14-20)21(22(25)27-15-17-8-3-1-4-9-17)23(26)28-16-18-10-5-2-6-11-18/h1-6,8-11,14,21H,7,12-13,15-16H2. The molecule has 1 aliphatic carbocycles. The van der Waals surface area contributed by atoms with Gasteiger partial charge in [0.25, 0.3) is 0 Å². The number of allylic oxidation sites excluding steroid dienone is 1. The molecule has 0 unspecified atom stereocenters. The van der Waals surface area contributed by atoms with Crippen LogP contribution in [-0.2, 0) is 37.1 Å². The maximum absolute atomic E-state index is 12.7. The van der Waals surface area contributed by atoms with Gasteiger partial charge in [0.15, 0.2) is 11.7 Å². The fourth-order valence-electron chi connectivity index (χ4n) is 3.07. The second kappa shape index (κ2) is 9.65. The third-order valence-corrected chi connectivity index (χ3v) is 4.53. The highest BCUT2D eigenvalue weighted by Gasteiger charge is 2.35. The summed E-state index contributed by atoms with van der Waals surface area (Å²) in [6.07, 6.45) is 2.92. The fraction of sp³-hybridized carbons (Fsp3) is 0.261. The maximum atomic E-state index is 12.7. The molecule has 144 valence electrons. The molecule has 0 spiro atoms. The van der Waals surface area contributed by atoms with Crippen LogP contribution in [0.2, 0.25) is 0 Å². The molecule has 0 aromatic heterocycles. The lowest BCUT2D eigenvalue weighted by Crippen LogP contribution is -2.31. The number of benzene rings is 2. The Labute approximate surface area is 164 Å². The highest BCUT2D eigenvalue weighted by molar-refractivity contribution is 6.01. The summed E-state index contributed by atoms with van der Waals surface area (Å²) in [4.78, 5) is 37.2. The summed E-state index contributed by atoms with van der Waals surface area (Å²) >= 11 is 0. The van der Waals surface area contributed by atoms with E-state index in [4.69, 9.17) is 9.47 Å². The van der Waals surface area contributed by atoms with Gasteiger partial charge in [-0.3, -0.25) is 14.4 Å². The van der Waals surface area contributed by atoms with Gasteiger partial charge in [-0.15, -0.1) is 0 Å². The molecule has 0 atom stereocenters. The second-order valence-corrected chi connectivity index (χ2v) is 6.66. The van der Waals surface area contributed by atoms with Crippen LogP contribution in [0.25, 0.3) is 0 Å². The Morgan fingerprint density at radius 2 is 1.29 bits per heavy atom. The first-order chi connectivity index (χ1) is 13.6. The number of carbonyl (C=O) groups is 3. The van der Waals surface area contributed by atoms with E-state index in [9.17, 15) is 14.4 Å². The first kappa shape index (κ1) is 19.5. The van der Waals surface area contributed by atoms with E-state index in [1.165, 1.54) is 6.08 Å². The van der Waals surface area contributed by atoms with Gasteiger partial charge in [0.2, 0.25) is 0 Å². The Bertz CT molecular complexity index is 800. The molecule has 28 heavy (non-hydrogen) atoms. The van der Waals surface area contributed by atoms with Crippen molar-refractivity contribution in [1.29, 1.82) is 0 Å². The van der Waals surface area contributed by atoms with Gasteiger partial charge < -0.3 is 9.47 Å². The topological polar surface area (TPSA) is 69.7 Å². The highest BCUT2D eigenvalue weighted by Crippen LogP contribution is 2.26. The van der Waals surface area contributed by atoms with Gasteiger partial charge >= 0.3 is 11.9 Å². The van der Waals surface area contributed by atoms with E-state index < -0.39 is 17.9 Å². The molecule has 0 amide bonds. The van der Waals surface area contributed by atoms with Crippen LogP contribution >= 0.6 is 0 Å². The molecule has 5 nitrogen and oxygen atoms in total. The van der Waals surface area contributed by atoms with E-state index in [1.54, 1.807) is 0 Å². The number of ether oxygens (including phenoxy) is 2. The average Bonchev–Trinajstić information content (AvgIpc) is 2.72. The van der Waals surface area contributed by atoms with E-state index in [-0.39, 0.29) is 19.0 Å². The molecule has 0 aliphatic heterocycles. The molecule has 0 bridgehead atoms. The van der Waals surface area contributed by atoms with Crippen molar-refractivity contribution in [2.24, 2.45) is 5.92 Å². The fourth-order valence-corrected chi connectivity index (χ4v) is 3.07. The molecule has 0 N–H and O–H groups in total. The van der Waals surface area contributed by atoms with Crippen LogP contribution in [0.15, 0.2) is 72.3 Å². The lowest BCUT2D eigenvalue weighted by molar-refractivity contribution is -0.161. The third-order valence-electron chi connectivity index (χ3n) is 4.53. The summed E-state index contributed by atoms with van der Waals surface area (Å²) in [5.74, 6) is -2.68. The summed E-state index contributed by atoms with van der Waals surface area (Å²) in [5, 5.41) is 0. The van der Waals surface area contributed by atoms with E-state index >= 15 is 0 Å².